The molecule has 5 nitrogen and oxygen atoms in total. The van der Waals surface area contributed by atoms with Crippen LogP contribution in [0.25, 0.3) is 0 Å². The van der Waals surface area contributed by atoms with Crippen molar-refractivity contribution in [1.82, 2.24) is 4.90 Å². The van der Waals surface area contributed by atoms with E-state index in [1.807, 2.05) is 0 Å². The van der Waals surface area contributed by atoms with Crippen molar-refractivity contribution in [2.24, 2.45) is 0 Å². The molecule has 0 amide bonds. The normalized spacial score (nSPS) is 10.9. The van der Waals surface area contributed by atoms with Crippen molar-refractivity contribution >= 4 is 11.9 Å². The lowest BCUT2D eigenvalue weighted by Gasteiger charge is -2.17. The van der Waals surface area contributed by atoms with Crippen LogP contribution in [0.5, 0.6) is 0 Å². The zero-order chi connectivity index (χ0) is 21.3. The maximum Gasteiger partial charge on any atom is 0.339 e. The number of hydrogen-bond donors (Lipinski definition) is 0. The molecule has 0 spiro atoms. The smallest absolute Gasteiger partial charge is 0.339 e. The molecular weight excluding hydrogens is 366 g/mol. The number of rotatable bonds is 16. The molecule has 0 atom stereocenters. The van der Waals surface area contributed by atoms with Gasteiger partial charge in [-0.3, -0.25) is 0 Å². The molecule has 0 unspecified atom stereocenters. The molecule has 0 fully saturated rings. The van der Waals surface area contributed by atoms with Crippen molar-refractivity contribution in [3.05, 3.63) is 35.4 Å². The van der Waals surface area contributed by atoms with E-state index in [0.29, 0.717) is 19.8 Å². The fourth-order valence-electron chi connectivity index (χ4n) is 3.20. The number of benzene rings is 1. The van der Waals surface area contributed by atoms with Crippen molar-refractivity contribution in [2.75, 3.05) is 32.8 Å². The fraction of sp³-hybridized carbons (Fsp3) is 0.667. The number of carbonyl (C=O) groups excluding carboxylic acids is 2. The van der Waals surface area contributed by atoms with Gasteiger partial charge in [-0.2, -0.15) is 0 Å². The third-order valence-corrected chi connectivity index (χ3v) is 5.13. The summed E-state index contributed by atoms with van der Waals surface area (Å²) < 4.78 is 10.7. The molecule has 1 aromatic carbocycles. The summed E-state index contributed by atoms with van der Waals surface area (Å²) in [5.41, 5.74) is 0.549. The number of esters is 2. The van der Waals surface area contributed by atoms with E-state index in [0.717, 1.165) is 25.9 Å². The molecule has 0 aliphatic heterocycles. The second-order valence-corrected chi connectivity index (χ2v) is 7.32. The molecule has 1 rings (SSSR count). The number of nitrogens with zero attached hydrogens (tertiary/aromatic N) is 1. The summed E-state index contributed by atoms with van der Waals surface area (Å²) in [6, 6.07) is 6.71. The van der Waals surface area contributed by atoms with Gasteiger partial charge < -0.3 is 14.4 Å². The Kier molecular flexibility index (Phi) is 13.9. The summed E-state index contributed by atoms with van der Waals surface area (Å²) in [6.07, 6.45) is 9.53. The Balaban J connectivity index is 2.37. The Morgan fingerprint density at radius 2 is 1.21 bits per heavy atom. The summed E-state index contributed by atoms with van der Waals surface area (Å²) >= 11 is 0. The molecule has 0 aliphatic rings. The van der Waals surface area contributed by atoms with Crippen LogP contribution in [-0.2, 0) is 9.47 Å². The van der Waals surface area contributed by atoms with Crippen LogP contribution in [0.15, 0.2) is 24.3 Å². The minimum absolute atomic E-state index is 0.271. The van der Waals surface area contributed by atoms with Crippen LogP contribution < -0.4 is 0 Å². The van der Waals surface area contributed by atoms with Crippen LogP contribution in [0.2, 0.25) is 0 Å². The van der Waals surface area contributed by atoms with Gasteiger partial charge in [0, 0.05) is 6.54 Å². The first kappa shape index (κ1) is 25.2. The highest BCUT2D eigenvalue weighted by molar-refractivity contribution is 6.03. The number of carbonyl (C=O) groups is 2. The second kappa shape index (κ2) is 16.0. The van der Waals surface area contributed by atoms with Gasteiger partial charge in [0.25, 0.3) is 0 Å². The summed E-state index contributed by atoms with van der Waals surface area (Å²) in [5.74, 6) is -0.930. The lowest BCUT2D eigenvalue weighted by Crippen LogP contribution is -2.28. The van der Waals surface area contributed by atoms with Crippen molar-refractivity contribution in [2.45, 2.75) is 72.1 Å². The van der Waals surface area contributed by atoms with Crippen LogP contribution in [0, 0.1) is 0 Å². The molecule has 0 saturated heterocycles. The largest absolute Gasteiger partial charge is 0.462 e. The Morgan fingerprint density at radius 3 is 1.72 bits per heavy atom. The number of unbranched alkanes of at least 4 members (excludes halogenated alkanes) is 7. The first-order chi connectivity index (χ1) is 14.1. The van der Waals surface area contributed by atoms with E-state index in [1.165, 1.54) is 38.5 Å². The van der Waals surface area contributed by atoms with Gasteiger partial charge >= 0.3 is 11.9 Å². The summed E-state index contributed by atoms with van der Waals surface area (Å²) in [7, 11) is 0. The van der Waals surface area contributed by atoms with Crippen molar-refractivity contribution in [3.8, 4) is 0 Å². The van der Waals surface area contributed by atoms with Gasteiger partial charge in [0.05, 0.1) is 17.7 Å². The molecule has 0 heterocycles. The maximum atomic E-state index is 12.4. The van der Waals surface area contributed by atoms with Gasteiger partial charge in [-0.25, -0.2) is 9.59 Å². The highest BCUT2D eigenvalue weighted by atomic mass is 16.5. The van der Waals surface area contributed by atoms with Gasteiger partial charge in [0.2, 0.25) is 0 Å². The molecule has 164 valence electrons. The zero-order valence-electron chi connectivity index (χ0n) is 18.6. The Hall–Kier alpha value is -1.88. The minimum Gasteiger partial charge on any atom is -0.462 e. The fourth-order valence-corrected chi connectivity index (χ4v) is 3.20. The van der Waals surface area contributed by atoms with E-state index >= 15 is 0 Å². The van der Waals surface area contributed by atoms with Crippen molar-refractivity contribution in [1.29, 1.82) is 0 Å². The van der Waals surface area contributed by atoms with E-state index < -0.39 is 11.9 Å². The van der Waals surface area contributed by atoms with Gasteiger partial charge in [0.1, 0.15) is 6.61 Å². The molecule has 5 heteroatoms. The van der Waals surface area contributed by atoms with Crippen LogP contribution in [0.1, 0.15) is 92.9 Å². The number of likely N-dealkylation sites (N-methyl/N-ethyl adjacent to an activating group) is 1. The number of hydrogen-bond acceptors (Lipinski definition) is 5. The lowest BCUT2D eigenvalue weighted by atomic mass is 10.1. The molecule has 0 N–H and O–H groups in total. The standard InChI is InChI=1S/C24H39NO4/c1-4-7-8-9-10-11-12-15-19-28-23(26)21-16-13-14-17-22(21)24(27)29-20-18-25(5-2)6-3/h13-14,16-17H,4-12,15,18-20H2,1-3H3. The SMILES string of the molecule is CCCCCCCCCCOC(=O)c1ccccc1C(=O)OCCN(CC)CC. The third kappa shape index (κ3) is 10.5. The minimum atomic E-state index is -0.475. The summed E-state index contributed by atoms with van der Waals surface area (Å²) in [5, 5.41) is 0. The number of ether oxygens (including phenoxy) is 2. The van der Waals surface area contributed by atoms with Gasteiger partial charge in [-0.05, 0) is 31.6 Å². The van der Waals surface area contributed by atoms with E-state index in [9.17, 15) is 9.59 Å². The van der Waals surface area contributed by atoms with E-state index in [4.69, 9.17) is 9.47 Å². The Morgan fingerprint density at radius 1 is 0.724 bits per heavy atom. The molecule has 0 saturated carbocycles. The van der Waals surface area contributed by atoms with Crippen LogP contribution >= 0.6 is 0 Å². The first-order valence-electron chi connectivity index (χ1n) is 11.3. The molecule has 0 aromatic heterocycles. The van der Waals surface area contributed by atoms with Gasteiger partial charge in [-0.1, -0.05) is 77.8 Å². The zero-order valence-corrected chi connectivity index (χ0v) is 18.6. The van der Waals surface area contributed by atoms with Crippen molar-refractivity contribution < 1.29 is 19.1 Å². The Bertz CT molecular complexity index is 584. The van der Waals surface area contributed by atoms with E-state index in [-0.39, 0.29) is 11.1 Å². The highest BCUT2D eigenvalue weighted by Crippen LogP contribution is 2.13. The predicted octanol–water partition coefficient (Wildman–Crippen LogP) is 5.48. The molecular formula is C24H39NO4. The molecule has 1 aromatic rings. The molecule has 29 heavy (non-hydrogen) atoms. The quantitative estimate of drug-likeness (QED) is 0.269. The maximum absolute atomic E-state index is 12.4. The first-order valence-corrected chi connectivity index (χ1v) is 11.3. The van der Waals surface area contributed by atoms with E-state index in [1.54, 1.807) is 24.3 Å². The molecule has 0 radical (unpaired) electrons. The average molecular weight is 406 g/mol. The summed E-state index contributed by atoms with van der Waals surface area (Å²) in [4.78, 5) is 27.0. The monoisotopic (exact) mass is 405 g/mol. The average Bonchev–Trinajstić information content (AvgIpc) is 2.75. The Labute approximate surface area is 176 Å². The van der Waals surface area contributed by atoms with Crippen LogP contribution in [0.3, 0.4) is 0 Å². The van der Waals surface area contributed by atoms with Crippen molar-refractivity contribution in [3.63, 3.8) is 0 Å². The highest BCUT2D eigenvalue weighted by Gasteiger charge is 2.19. The van der Waals surface area contributed by atoms with Gasteiger partial charge in [0.15, 0.2) is 0 Å². The topological polar surface area (TPSA) is 55.8 Å². The summed E-state index contributed by atoms with van der Waals surface area (Å²) in [6.45, 7) is 9.57. The van der Waals surface area contributed by atoms with Crippen LogP contribution in [0.4, 0.5) is 0 Å². The van der Waals surface area contributed by atoms with E-state index in [2.05, 4.69) is 25.7 Å². The van der Waals surface area contributed by atoms with Gasteiger partial charge in [-0.15, -0.1) is 0 Å². The lowest BCUT2D eigenvalue weighted by molar-refractivity contribution is 0.0432. The second-order valence-electron chi connectivity index (χ2n) is 7.32. The molecule has 0 aliphatic carbocycles. The predicted molar refractivity (Wildman–Crippen MR) is 117 cm³/mol. The van der Waals surface area contributed by atoms with Crippen LogP contribution in [-0.4, -0.2) is 49.7 Å². The third-order valence-electron chi connectivity index (χ3n) is 5.13. The molecule has 0 bridgehead atoms.